The Hall–Kier alpha value is -1.79. The summed E-state index contributed by atoms with van der Waals surface area (Å²) in [6.45, 7) is 9.68. The van der Waals surface area contributed by atoms with Crippen LogP contribution in [0.5, 0.6) is 0 Å². The zero-order chi connectivity index (χ0) is 18.1. The van der Waals surface area contributed by atoms with Crippen molar-refractivity contribution in [2.75, 3.05) is 32.8 Å². The van der Waals surface area contributed by atoms with Crippen LogP contribution in [0.4, 0.5) is 4.79 Å². The van der Waals surface area contributed by atoms with Crippen molar-refractivity contribution in [3.05, 3.63) is 0 Å². The summed E-state index contributed by atoms with van der Waals surface area (Å²) in [4.78, 5) is 38.7. The van der Waals surface area contributed by atoms with Gasteiger partial charge in [-0.15, -0.1) is 0 Å². The highest BCUT2D eigenvalue weighted by Gasteiger charge is 2.25. The summed E-state index contributed by atoms with van der Waals surface area (Å²) in [7, 11) is 0. The van der Waals surface area contributed by atoms with Crippen LogP contribution in [0.3, 0.4) is 0 Å². The second-order valence-electron chi connectivity index (χ2n) is 6.65. The average Bonchev–Trinajstić information content (AvgIpc) is 2.51. The lowest BCUT2D eigenvalue weighted by Gasteiger charge is -2.32. The Morgan fingerprint density at radius 2 is 1.88 bits per heavy atom. The molecular formula is C17H31N3O4. The fourth-order valence-electron chi connectivity index (χ4n) is 2.63. The molecule has 0 aromatic heterocycles. The highest BCUT2D eigenvalue weighted by atomic mass is 16.6. The number of hydrogen-bond donors (Lipinski definition) is 1. The van der Waals surface area contributed by atoms with E-state index in [1.54, 1.807) is 16.7 Å². The maximum absolute atomic E-state index is 12.2. The number of nitrogens with one attached hydrogen (secondary N) is 1. The van der Waals surface area contributed by atoms with E-state index in [9.17, 15) is 14.4 Å². The van der Waals surface area contributed by atoms with Gasteiger partial charge in [-0.3, -0.25) is 9.59 Å². The number of hydrogen-bond acceptors (Lipinski definition) is 4. The Balaban J connectivity index is 2.37. The second-order valence-corrected chi connectivity index (χ2v) is 6.65. The molecule has 1 N–H and O–H groups in total. The zero-order valence-electron chi connectivity index (χ0n) is 15.3. The third-order valence-electron chi connectivity index (χ3n) is 4.14. The molecule has 0 bridgehead atoms. The number of nitrogens with zero attached hydrogens (tertiary/aromatic N) is 2. The summed E-state index contributed by atoms with van der Waals surface area (Å²) < 4.78 is 4.98. The summed E-state index contributed by atoms with van der Waals surface area (Å²) in [6.07, 6.45) is 2.00. The number of amides is 3. The minimum Gasteiger partial charge on any atom is -0.450 e. The Bertz CT molecular complexity index is 432. The maximum Gasteiger partial charge on any atom is 0.409 e. The van der Waals surface area contributed by atoms with Gasteiger partial charge in [-0.25, -0.2) is 4.79 Å². The molecule has 0 saturated carbocycles. The molecule has 0 aromatic rings. The van der Waals surface area contributed by atoms with Crippen LogP contribution in [0.2, 0.25) is 0 Å². The summed E-state index contributed by atoms with van der Waals surface area (Å²) >= 11 is 0. The lowest BCUT2D eigenvalue weighted by Crippen LogP contribution is -2.49. The average molecular weight is 341 g/mol. The standard InChI is InChI=1S/C17H31N3O4/c1-5-24-17(23)19-10-7-15(8-11-19)18-16(22)12-20(14(4)21)9-6-13(2)3/h13,15H,5-12H2,1-4H3,(H,18,22). The minimum absolute atomic E-state index is 0.0436. The van der Waals surface area contributed by atoms with E-state index in [4.69, 9.17) is 4.74 Å². The molecule has 1 aliphatic rings. The van der Waals surface area contributed by atoms with E-state index in [0.29, 0.717) is 45.0 Å². The van der Waals surface area contributed by atoms with Crippen molar-refractivity contribution in [1.29, 1.82) is 0 Å². The van der Waals surface area contributed by atoms with Gasteiger partial charge in [-0.2, -0.15) is 0 Å². The van der Waals surface area contributed by atoms with E-state index in [1.165, 1.54) is 6.92 Å². The molecule has 7 heteroatoms. The van der Waals surface area contributed by atoms with Gasteiger partial charge in [0.05, 0.1) is 13.2 Å². The smallest absolute Gasteiger partial charge is 0.409 e. The van der Waals surface area contributed by atoms with Gasteiger partial charge in [-0.05, 0) is 32.1 Å². The normalized spacial score (nSPS) is 15.3. The maximum atomic E-state index is 12.2. The number of piperidine rings is 1. The molecule has 1 saturated heterocycles. The molecule has 1 aliphatic heterocycles. The van der Waals surface area contributed by atoms with Gasteiger partial charge in [0.1, 0.15) is 0 Å². The summed E-state index contributed by atoms with van der Waals surface area (Å²) in [5.74, 6) is 0.272. The van der Waals surface area contributed by atoms with Crippen molar-refractivity contribution in [1.82, 2.24) is 15.1 Å². The molecular weight excluding hydrogens is 310 g/mol. The molecule has 1 fully saturated rings. The molecule has 24 heavy (non-hydrogen) atoms. The molecule has 1 rings (SSSR count). The first kappa shape index (κ1) is 20.3. The molecule has 0 aliphatic carbocycles. The number of rotatable bonds is 7. The Kier molecular flexibility index (Phi) is 8.57. The molecule has 7 nitrogen and oxygen atoms in total. The van der Waals surface area contributed by atoms with Crippen molar-refractivity contribution >= 4 is 17.9 Å². The number of carbonyl (C=O) groups is 3. The number of likely N-dealkylation sites (tertiary alicyclic amines) is 1. The molecule has 0 aromatic carbocycles. The Morgan fingerprint density at radius 1 is 1.25 bits per heavy atom. The van der Waals surface area contributed by atoms with E-state index in [0.717, 1.165) is 6.42 Å². The minimum atomic E-state index is -0.293. The first-order valence-corrected chi connectivity index (χ1v) is 8.80. The van der Waals surface area contributed by atoms with Gasteiger partial charge in [0.2, 0.25) is 11.8 Å². The molecule has 0 radical (unpaired) electrons. The topological polar surface area (TPSA) is 79.0 Å². The zero-order valence-corrected chi connectivity index (χ0v) is 15.3. The van der Waals surface area contributed by atoms with Crippen LogP contribution >= 0.6 is 0 Å². The van der Waals surface area contributed by atoms with E-state index in [2.05, 4.69) is 19.2 Å². The van der Waals surface area contributed by atoms with Crippen LogP contribution in [0.15, 0.2) is 0 Å². The van der Waals surface area contributed by atoms with Crippen molar-refractivity contribution in [3.63, 3.8) is 0 Å². The first-order valence-electron chi connectivity index (χ1n) is 8.80. The van der Waals surface area contributed by atoms with Crippen molar-refractivity contribution in [2.24, 2.45) is 5.92 Å². The quantitative estimate of drug-likeness (QED) is 0.763. The van der Waals surface area contributed by atoms with Crippen molar-refractivity contribution < 1.29 is 19.1 Å². The molecule has 0 spiro atoms. The van der Waals surface area contributed by atoms with Crippen molar-refractivity contribution in [3.8, 4) is 0 Å². The van der Waals surface area contributed by atoms with Gasteiger partial charge in [0, 0.05) is 32.6 Å². The van der Waals surface area contributed by atoms with Crippen LogP contribution in [0.1, 0.15) is 47.0 Å². The van der Waals surface area contributed by atoms with Gasteiger partial charge in [-0.1, -0.05) is 13.8 Å². The summed E-state index contributed by atoms with van der Waals surface area (Å²) in [6, 6.07) is 0.0436. The monoisotopic (exact) mass is 341 g/mol. The fourth-order valence-corrected chi connectivity index (χ4v) is 2.63. The molecule has 1 heterocycles. The van der Waals surface area contributed by atoms with Gasteiger partial charge >= 0.3 is 6.09 Å². The van der Waals surface area contributed by atoms with Crippen LogP contribution in [0.25, 0.3) is 0 Å². The third kappa shape index (κ3) is 7.19. The predicted octanol–water partition coefficient (Wildman–Crippen LogP) is 1.62. The van der Waals surface area contributed by atoms with Gasteiger partial charge in [0.25, 0.3) is 0 Å². The molecule has 0 atom stereocenters. The fraction of sp³-hybridized carbons (Fsp3) is 0.824. The Labute approximate surface area is 144 Å². The SMILES string of the molecule is CCOC(=O)N1CCC(NC(=O)CN(CCC(C)C)C(C)=O)CC1. The van der Waals surface area contributed by atoms with Gasteiger partial charge in [0.15, 0.2) is 0 Å². The van der Waals surface area contributed by atoms with Crippen LogP contribution < -0.4 is 5.32 Å². The number of carbonyl (C=O) groups excluding carboxylic acids is 3. The van der Waals surface area contributed by atoms with Crippen LogP contribution in [-0.4, -0.2) is 66.5 Å². The van der Waals surface area contributed by atoms with Gasteiger partial charge < -0.3 is 19.9 Å². The largest absolute Gasteiger partial charge is 0.450 e. The van der Waals surface area contributed by atoms with E-state index < -0.39 is 0 Å². The highest BCUT2D eigenvalue weighted by molar-refractivity contribution is 5.84. The van der Waals surface area contributed by atoms with Crippen molar-refractivity contribution in [2.45, 2.75) is 53.0 Å². The molecule has 138 valence electrons. The Morgan fingerprint density at radius 3 is 2.38 bits per heavy atom. The van der Waals surface area contributed by atoms with E-state index >= 15 is 0 Å². The van der Waals surface area contributed by atoms with E-state index in [1.807, 2.05) is 0 Å². The van der Waals surface area contributed by atoms with Crippen LogP contribution in [-0.2, 0) is 14.3 Å². The summed E-state index contributed by atoms with van der Waals surface area (Å²) in [5, 5.41) is 2.97. The van der Waals surface area contributed by atoms with E-state index in [-0.39, 0.29) is 30.5 Å². The van der Waals surface area contributed by atoms with Crippen LogP contribution in [0, 0.1) is 5.92 Å². The lowest BCUT2D eigenvalue weighted by atomic mass is 10.1. The third-order valence-corrected chi connectivity index (χ3v) is 4.14. The summed E-state index contributed by atoms with van der Waals surface area (Å²) in [5.41, 5.74) is 0. The number of ether oxygens (including phenoxy) is 1. The molecule has 0 unspecified atom stereocenters. The predicted molar refractivity (Wildman–Crippen MR) is 91.5 cm³/mol. The molecule has 3 amide bonds. The highest BCUT2D eigenvalue weighted by Crippen LogP contribution is 2.11. The second kappa shape index (κ2) is 10.2. The lowest BCUT2D eigenvalue weighted by molar-refractivity contribution is -0.134. The first-order chi connectivity index (χ1) is 11.3.